The first kappa shape index (κ1) is 10.2. The van der Waals surface area contributed by atoms with Crippen molar-refractivity contribution in [2.24, 2.45) is 0 Å². The summed E-state index contributed by atoms with van der Waals surface area (Å²) in [5, 5.41) is 0. The zero-order valence-corrected chi connectivity index (χ0v) is 8.76. The van der Waals surface area contributed by atoms with E-state index in [0.29, 0.717) is 6.61 Å². The van der Waals surface area contributed by atoms with E-state index in [2.05, 4.69) is 6.58 Å². The van der Waals surface area contributed by atoms with Crippen LogP contribution in [0, 0.1) is 0 Å². The van der Waals surface area contributed by atoms with E-state index >= 15 is 0 Å². The maximum atomic E-state index is 5.79. The van der Waals surface area contributed by atoms with Crippen LogP contribution in [0.4, 0.5) is 0 Å². The van der Waals surface area contributed by atoms with Crippen LogP contribution in [-0.2, 0) is 4.74 Å². The molecule has 0 aromatic heterocycles. The molecule has 1 aromatic rings. The van der Waals surface area contributed by atoms with Crippen LogP contribution in [0.15, 0.2) is 43.0 Å². The van der Waals surface area contributed by atoms with Crippen LogP contribution >= 0.6 is 0 Å². The van der Waals surface area contributed by atoms with E-state index in [0.717, 1.165) is 18.6 Å². The second-order valence-corrected chi connectivity index (χ2v) is 3.74. The summed E-state index contributed by atoms with van der Waals surface area (Å²) in [6, 6.07) is 9.88. The topological polar surface area (TPSA) is 18.5 Å². The average molecular weight is 204 g/mol. The van der Waals surface area contributed by atoms with Gasteiger partial charge in [-0.15, -0.1) is 6.58 Å². The Balaban J connectivity index is 1.85. The Bertz CT molecular complexity index is 300. The molecule has 0 bridgehead atoms. The average Bonchev–Trinajstić information content (AvgIpc) is 2.31. The minimum absolute atomic E-state index is 0.184. The monoisotopic (exact) mass is 204 g/mol. The summed E-state index contributed by atoms with van der Waals surface area (Å²) in [4.78, 5) is 0. The molecule has 0 N–H and O–H groups in total. The molecule has 0 radical (unpaired) electrons. The van der Waals surface area contributed by atoms with Crippen LogP contribution in [0.5, 0.6) is 5.75 Å². The smallest absolute Gasteiger partial charge is 0.122 e. The van der Waals surface area contributed by atoms with Crippen molar-refractivity contribution in [1.82, 2.24) is 0 Å². The fraction of sp³-hybridized carbons (Fsp3) is 0.385. The highest BCUT2D eigenvalue weighted by molar-refractivity contribution is 5.21. The Labute approximate surface area is 90.5 Å². The highest BCUT2D eigenvalue weighted by Crippen LogP contribution is 2.19. The lowest BCUT2D eigenvalue weighted by Gasteiger charge is -2.27. The lowest BCUT2D eigenvalue weighted by Crippen LogP contribution is -2.32. The molecule has 2 heteroatoms. The number of benzene rings is 1. The van der Waals surface area contributed by atoms with Crippen molar-refractivity contribution in [2.75, 3.05) is 6.61 Å². The van der Waals surface area contributed by atoms with Crippen LogP contribution in [0.3, 0.4) is 0 Å². The van der Waals surface area contributed by atoms with Gasteiger partial charge >= 0.3 is 0 Å². The minimum atomic E-state index is 0.184. The van der Waals surface area contributed by atoms with Gasteiger partial charge < -0.3 is 9.47 Å². The Hall–Kier alpha value is -1.28. The number of ether oxygens (including phenoxy) is 2. The number of hydrogen-bond donors (Lipinski definition) is 0. The van der Waals surface area contributed by atoms with E-state index < -0.39 is 0 Å². The van der Waals surface area contributed by atoms with Gasteiger partial charge in [0.15, 0.2) is 0 Å². The van der Waals surface area contributed by atoms with Crippen molar-refractivity contribution >= 4 is 0 Å². The van der Waals surface area contributed by atoms with Crippen molar-refractivity contribution in [3.05, 3.63) is 43.0 Å². The predicted octanol–water partition coefficient (Wildman–Crippen LogP) is 2.80. The predicted molar refractivity (Wildman–Crippen MR) is 60.0 cm³/mol. The summed E-state index contributed by atoms with van der Waals surface area (Å²) in [5.41, 5.74) is 0. The van der Waals surface area contributed by atoms with Crippen molar-refractivity contribution in [3.63, 3.8) is 0 Å². The van der Waals surface area contributed by atoms with Crippen LogP contribution < -0.4 is 4.74 Å². The Morgan fingerprint density at radius 1 is 1.27 bits per heavy atom. The highest BCUT2D eigenvalue weighted by Gasteiger charge is 2.20. The number of rotatable bonds is 3. The van der Waals surface area contributed by atoms with E-state index in [1.165, 1.54) is 0 Å². The van der Waals surface area contributed by atoms with Crippen molar-refractivity contribution < 1.29 is 9.47 Å². The SMILES string of the molecule is C=CC1CCC(Oc2ccccc2)CO1. The molecule has 2 atom stereocenters. The second-order valence-electron chi connectivity index (χ2n) is 3.74. The summed E-state index contributed by atoms with van der Waals surface area (Å²) < 4.78 is 11.4. The van der Waals surface area contributed by atoms with E-state index in [1.54, 1.807) is 0 Å². The van der Waals surface area contributed by atoms with Gasteiger partial charge in [-0.2, -0.15) is 0 Å². The normalized spacial score (nSPS) is 25.9. The first-order valence-corrected chi connectivity index (χ1v) is 5.34. The molecule has 0 saturated carbocycles. The first-order valence-electron chi connectivity index (χ1n) is 5.34. The van der Waals surface area contributed by atoms with Crippen molar-refractivity contribution in [3.8, 4) is 5.75 Å². The zero-order valence-electron chi connectivity index (χ0n) is 8.76. The molecule has 1 fully saturated rings. The molecule has 2 nitrogen and oxygen atoms in total. The van der Waals surface area contributed by atoms with E-state index in [1.807, 2.05) is 36.4 Å². The van der Waals surface area contributed by atoms with Crippen molar-refractivity contribution in [1.29, 1.82) is 0 Å². The van der Waals surface area contributed by atoms with Gasteiger partial charge in [-0.1, -0.05) is 24.3 Å². The van der Waals surface area contributed by atoms with Crippen molar-refractivity contribution in [2.45, 2.75) is 25.0 Å². The maximum Gasteiger partial charge on any atom is 0.122 e. The van der Waals surface area contributed by atoms with E-state index in [-0.39, 0.29) is 12.2 Å². The van der Waals surface area contributed by atoms with Gasteiger partial charge in [0, 0.05) is 0 Å². The molecule has 1 aliphatic heterocycles. The van der Waals surface area contributed by atoms with Crippen LogP contribution in [-0.4, -0.2) is 18.8 Å². The number of hydrogen-bond acceptors (Lipinski definition) is 2. The van der Waals surface area contributed by atoms with Gasteiger partial charge in [-0.3, -0.25) is 0 Å². The van der Waals surface area contributed by atoms with Crippen LogP contribution in [0.25, 0.3) is 0 Å². The van der Waals surface area contributed by atoms with Crippen LogP contribution in [0.1, 0.15) is 12.8 Å². The summed E-state index contributed by atoms with van der Waals surface area (Å²) >= 11 is 0. The maximum absolute atomic E-state index is 5.79. The summed E-state index contributed by atoms with van der Waals surface area (Å²) in [7, 11) is 0. The lowest BCUT2D eigenvalue weighted by molar-refractivity contribution is -0.0249. The van der Waals surface area contributed by atoms with Gasteiger partial charge in [0.1, 0.15) is 11.9 Å². The molecular weight excluding hydrogens is 188 g/mol. The van der Waals surface area contributed by atoms with Gasteiger partial charge in [-0.25, -0.2) is 0 Å². The molecule has 0 amide bonds. The van der Waals surface area contributed by atoms with Gasteiger partial charge in [0.05, 0.1) is 12.7 Å². The van der Waals surface area contributed by atoms with Crippen LogP contribution in [0.2, 0.25) is 0 Å². The zero-order chi connectivity index (χ0) is 10.5. The van der Waals surface area contributed by atoms with E-state index in [4.69, 9.17) is 9.47 Å². The lowest BCUT2D eigenvalue weighted by atomic mass is 10.1. The van der Waals surface area contributed by atoms with E-state index in [9.17, 15) is 0 Å². The molecule has 0 spiro atoms. The molecule has 1 heterocycles. The standard InChI is InChI=1S/C13H16O2/c1-2-11-8-9-13(10-14-11)15-12-6-4-3-5-7-12/h2-7,11,13H,1,8-10H2. The fourth-order valence-electron chi connectivity index (χ4n) is 1.72. The third kappa shape index (κ3) is 2.83. The highest BCUT2D eigenvalue weighted by atomic mass is 16.5. The molecule has 0 aliphatic carbocycles. The van der Waals surface area contributed by atoms with Gasteiger partial charge in [0.25, 0.3) is 0 Å². The summed E-state index contributed by atoms with van der Waals surface area (Å²) in [6.45, 7) is 4.39. The molecular formula is C13H16O2. The Kier molecular flexibility index (Phi) is 3.41. The summed E-state index contributed by atoms with van der Waals surface area (Å²) in [6.07, 6.45) is 4.29. The molecule has 1 aliphatic rings. The Morgan fingerprint density at radius 3 is 2.67 bits per heavy atom. The summed E-state index contributed by atoms with van der Waals surface area (Å²) in [5.74, 6) is 0.920. The minimum Gasteiger partial charge on any atom is -0.488 e. The second kappa shape index (κ2) is 4.99. The molecule has 1 saturated heterocycles. The third-order valence-corrected chi connectivity index (χ3v) is 2.58. The quantitative estimate of drug-likeness (QED) is 0.705. The molecule has 80 valence electrons. The van der Waals surface area contributed by atoms with Gasteiger partial charge in [0.2, 0.25) is 0 Å². The first-order chi connectivity index (χ1) is 7.38. The molecule has 1 aromatic carbocycles. The molecule has 2 unspecified atom stereocenters. The Morgan fingerprint density at radius 2 is 2.07 bits per heavy atom. The molecule has 2 rings (SSSR count). The largest absolute Gasteiger partial charge is 0.488 e. The fourth-order valence-corrected chi connectivity index (χ4v) is 1.72. The third-order valence-electron chi connectivity index (χ3n) is 2.58. The number of para-hydroxylation sites is 1. The molecule has 15 heavy (non-hydrogen) atoms. The van der Waals surface area contributed by atoms with Gasteiger partial charge in [-0.05, 0) is 25.0 Å².